The molecule has 1 aromatic rings. The van der Waals surface area contributed by atoms with E-state index in [4.69, 9.17) is 0 Å². The Morgan fingerprint density at radius 1 is 1.38 bits per heavy atom. The Bertz CT molecular complexity index is 403. The third-order valence-electron chi connectivity index (χ3n) is 3.34. The standard InChI is InChI=1S/C13H20N2O/c1-10(2)11-5-8-15(13(16)9-11)12-3-6-14-7-4-12/h5,8-10,12,14H,3-4,6-7H2,1-2H3. The van der Waals surface area contributed by atoms with Gasteiger partial charge in [0.25, 0.3) is 5.56 Å². The van der Waals surface area contributed by atoms with Crippen molar-refractivity contribution in [2.45, 2.75) is 38.6 Å². The minimum Gasteiger partial charge on any atom is -0.317 e. The molecule has 2 heterocycles. The van der Waals surface area contributed by atoms with Gasteiger partial charge >= 0.3 is 0 Å². The summed E-state index contributed by atoms with van der Waals surface area (Å²) in [6.07, 6.45) is 4.08. The van der Waals surface area contributed by atoms with Crippen LogP contribution in [0.5, 0.6) is 0 Å². The number of aromatic nitrogens is 1. The van der Waals surface area contributed by atoms with Crippen molar-refractivity contribution in [3.05, 3.63) is 34.2 Å². The van der Waals surface area contributed by atoms with Gasteiger partial charge in [-0.3, -0.25) is 4.79 Å². The molecule has 16 heavy (non-hydrogen) atoms. The largest absolute Gasteiger partial charge is 0.317 e. The van der Waals surface area contributed by atoms with Gasteiger partial charge in [-0.05, 0) is 43.5 Å². The van der Waals surface area contributed by atoms with Gasteiger partial charge < -0.3 is 9.88 Å². The molecule has 0 saturated carbocycles. The van der Waals surface area contributed by atoms with Gasteiger partial charge in [0.05, 0.1) is 0 Å². The number of rotatable bonds is 2. The fourth-order valence-electron chi connectivity index (χ4n) is 2.25. The zero-order chi connectivity index (χ0) is 11.5. The Balaban J connectivity index is 2.25. The molecule has 0 amide bonds. The van der Waals surface area contributed by atoms with Crippen LogP contribution in [-0.4, -0.2) is 17.7 Å². The monoisotopic (exact) mass is 220 g/mol. The highest BCUT2D eigenvalue weighted by Crippen LogP contribution is 2.17. The number of hydrogen-bond donors (Lipinski definition) is 1. The third kappa shape index (κ3) is 2.35. The summed E-state index contributed by atoms with van der Waals surface area (Å²) < 4.78 is 1.90. The molecule has 0 bridgehead atoms. The Kier molecular flexibility index (Phi) is 3.44. The van der Waals surface area contributed by atoms with Crippen molar-refractivity contribution >= 4 is 0 Å². The zero-order valence-electron chi connectivity index (χ0n) is 10.1. The minimum absolute atomic E-state index is 0.151. The lowest BCUT2D eigenvalue weighted by atomic mass is 10.0. The van der Waals surface area contributed by atoms with Crippen LogP contribution in [-0.2, 0) is 0 Å². The minimum atomic E-state index is 0.151. The second-order valence-corrected chi connectivity index (χ2v) is 4.84. The van der Waals surface area contributed by atoms with Gasteiger partial charge in [0.15, 0.2) is 0 Å². The average molecular weight is 220 g/mol. The molecule has 0 atom stereocenters. The maximum Gasteiger partial charge on any atom is 0.251 e. The topological polar surface area (TPSA) is 34.0 Å². The van der Waals surface area contributed by atoms with E-state index in [0.29, 0.717) is 12.0 Å². The summed E-state index contributed by atoms with van der Waals surface area (Å²) in [4.78, 5) is 12.0. The van der Waals surface area contributed by atoms with Crippen LogP contribution in [0.2, 0.25) is 0 Å². The van der Waals surface area contributed by atoms with Crippen LogP contribution >= 0.6 is 0 Å². The highest BCUT2D eigenvalue weighted by molar-refractivity contribution is 5.15. The molecule has 1 aliphatic heterocycles. The smallest absolute Gasteiger partial charge is 0.251 e. The highest BCUT2D eigenvalue weighted by atomic mass is 16.1. The van der Waals surface area contributed by atoms with E-state index in [0.717, 1.165) is 31.5 Å². The Morgan fingerprint density at radius 3 is 2.62 bits per heavy atom. The first-order valence-corrected chi connectivity index (χ1v) is 6.11. The van der Waals surface area contributed by atoms with E-state index in [2.05, 4.69) is 25.2 Å². The molecule has 1 N–H and O–H groups in total. The van der Waals surface area contributed by atoms with E-state index in [9.17, 15) is 4.79 Å². The second-order valence-electron chi connectivity index (χ2n) is 4.84. The van der Waals surface area contributed by atoms with E-state index < -0.39 is 0 Å². The van der Waals surface area contributed by atoms with E-state index >= 15 is 0 Å². The molecule has 0 spiro atoms. The number of pyridine rings is 1. The van der Waals surface area contributed by atoms with Crippen molar-refractivity contribution in [3.8, 4) is 0 Å². The van der Waals surface area contributed by atoms with Crippen molar-refractivity contribution in [1.82, 2.24) is 9.88 Å². The lowest BCUT2D eigenvalue weighted by Crippen LogP contribution is -2.33. The van der Waals surface area contributed by atoms with Gasteiger partial charge in [0.1, 0.15) is 0 Å². The van der Waals surface area contributed by atoms with Crippen molar-refractivity contribution in [1.29, 1.82) is 0 Å². The van der Waals surface area contributed by atoms with Crippen LogP contribution in [0.25, 0.3) is 0 Å². The van der Waals surface area contributed by atoms with Crippen LogP contribution in [0.15, 0.2) is 23.1 Å². The van der Waals surface area contributed by atoms with Gasteiger partial charge in [0.2, 0.25) is 0 Å². The van der Waals surface area contributed by atoms with Crippen LogP contribution in [0.4, 0.5) is 0 Å². The third-order valence-corrected chi connectivity index (χ3v) is 3.34. The summed E-state index contributed by atoms with van der Waals surface area (Å²) >= 11 is 0. The first-order chi connectivity index (χ1) is 7.68. The molecule has 1 fully saturated rings. The van der Waals surface area contributed by atoms with Gasteiger partial charge in [0, 0.05) is 18.3 Å². The van der Waals surface area contributed by atoms with Gasteiger partial charge in [-0.15, -0.1) is 0 Å². The molecule has 3 nitrogen and oxygen atoms in total. The van der Waals surface area contributed by atoms with E-state index in [1.807, 2.05) is 10.8 Å². The maximum atomic E-state index is 12.0. The summed E-state index contributed by atoms with van der Waals surface area (Å²) in [5.41, 5.74) is 1.29. The molecule has 1 aliphatic rings. The van der Waals surface area contributed by atoms with Gasteiger partial charge in [-0.2, -0.15) is 0 Å². The van der Waals surface area contributed by atoms with Gasteiger partial charge in [-0.25, -0.2) is 0 Å². The molecular weight excluding hydrogens is 200 g/mol. The quantitative estimate of drug-likeness (QED) is 0.826. The fourth-order valence-corrected chi connectivity index (χ4v) is 2.25. The zero-order valence-corrected chi connectivity index (χ0v) is 10.1. The van der Waals surface area contributed by atoms with Crippen molar-refractivity contribution in [2.24, 2.45) is 0 Å². The summed E-state index contributed by atoms with van der Waals surface area (Å²) in [5.74, 6) is 0.426. The van der Waals surface area contributed by atoms with Crippen LogP contribution in [0.1, 0.15) is 44.2 Å². The first kappa shape index (κ1) is 11.4. The summed E-state index contributed by atoms with van der Waals surface area (Å²) in [6.45, 7) is 6.26. The highest BCUT2D eigenvalue weighted by Gasteiger charge is 2.15. The normalized spacial score (nSPS) is 17.9. The summed E-state index contributed by atoms with van der Waals surface area (Å²) in [6, 6.07) is 4.25. The summed E-state index contributed by atoms with van der Waals surface area (Å²) in [7, 11) is 0. The van der Waals surface area contributed by atoms with E-state index in [1.165, 1.54) is 0 Å². The molecule has 0 aromatic carbocycles. The lowest BCUT2D eigenvalue weighted by molar-refractivity contribution is 0.360. The molecule has 2 rings (SSSR count). The van der Waals surface area contributed by atoms with Crippen molar-refractivity contribution in [2.75, 3.05) is 13.1 Å². The molecule has 3 heteroatoms. The Labute approximate surface area is 96.5 Å². The molecule has 0 unspecified atom stereocenters. The molecule has 0 radical (unpaired) electrons. The number of hydrogen-bond acceptors (Lipinski definition) is 2. The average Bonchev–Trinajstić information content (AvgIpc) is 2.30. The molecular formula is C13H20N2O. The number of nitrogens with zero attached hydrogens (tertiary/aromatic N) is 1. The predicted molar refractivity (Wildman–Crippen MR) is 65.9 cm³/mol. The molecule has 1 aromatic heterocycles. The van der Waals surface area contributed by atoms with Gasteiger partial charge in [-0.1, -0.05) is 13.8 Å². The summed E-state index contributed by atoms with van der Waals surface area (Å²) in [5, 5.41) is 3.32. The second kappa shape index (κ2) is 4.83. The van der Waals surface area contributed by atoms with Crippen molar-refractivity contribution < 1.29 is 0 Å². The molecule has 88 valence electrons. The SMILES string of the molecule is CC(C)c1ccn(C2CCNCC2)c(=O)c1. The maximum absolute atomic E-state index is 12.0. The Hall–Kier alpha value is -1.09. The van der Waals surface area contributed by atoms with Crippen molar-refractivity contribution in [3.63, 3.8) is 0 Å². The predicted octanol–water partition coefficient (Wildman–Crippen LogP) is 1.90. The van der Waals surface area contributed by atoms with Crippen LogP contribution in [0.3, 0.4) is 0 Å². The number of piperidine rings is 1. The van der Waals surface area contributed by atoms with E-state index in [-0.39, 0.29) is 5.56 Å². The fraction of sp³-hybridized carbons (Fsp3) is 0.615. The Morgan fingerprint density at radius 2 is 2.06 bits per heavy atom. The number of nitrogens with one attached hydrogen (secondary N) is 1. The first-order valence-electron chi connectivity index (χ1n) is 6.11. The van der Waals surface area contributed by atoms with Crippen LogP contribution in [0, 0.1) is 0 Å². The molecule has 1 saturated heterocycles. The van der Waals surface area contributed by atoms with Crippen LogP contribution < -0.4 is 10.9 Å². The molecule has 0 aliphatic carbocycles. The lowest BCUT2D eigenvalue weighted by Gasteiger charge is -2.25. The van der Waals surface area contributed by atoms with E-state index in [1.54, 1.807) is 6.07 Å².